The van der Waals surface area contributed by atoms with Crippen molar-refractivity contribution in [2.75, 3.05) is 39.8 Å². The number of ether oxygens (including phenoxy) is 1. The summed E-state index contributed by atoms with van der Waals surface area (Å²) in [4.78, 5) is 20.6. The zero-order chi connectivity index (χ0) is 21.2. The van der Waals surface area contributed by atoms with Gasteiger partial charge in [-0.15, -0.1) is 0 Å². The number of carbonyl (C=O) groups is 1. The fourth-order valence-corrected chi connectivity index (χ4v) is 4.23. The van der Waals surface area contributed by atoms with E-state index in [1.54, 1.807) is 4.90 Å². The molecular weight excluding hydrogens is 378 g/mol. The van der Waals surface area contributed by atoms with Crippen molar-refractivity contribution < 1.29 is 9.53 Å². The summed E-state index contributed by atoms with van der Waals surface area (Å²) in [5.41, 5.74) is 2.72. The molecule has 30 heavy (non-hydrogen) atoms. The van der Waals surface area contributed by atoms with Gasteiger partial charge in [-0.2, -0.15) is 0 Å². The first kappa shape index (κ1) is 22.4. The number of nitrogens with zero attached hydrogens (tertiary/aromatic N) is 3. The molecule has 0 aromatic heterocycles. The first-order valence-corrected chi connectivity index (χ1v) is 11.4. The molecule has 7 heteroatoms. The number of nitrogens with one attached hydrogen (secondary N) is 2. The SMILES string of the molecule is CCOC(=O)N1CCC(NC(=NC)NCc2ccccc2CN2CCCCC2)CC1. The summed E-state index contributed by atoms with van der Waals surface area (Å²) in [6.45, 7) is 7.88. The van der Waals surface area contributed by atoms with Crippen LogP contribution in [-0.2, 0) is 17.8 Å². The van der Waals surface area contributed by atoms with Gasteiger partial charge in [-0.3, -0.25) is 9.89 Å². The first-order chi connectivity index (χ1) is 14.7. The van der Waals surface area contributed by atoms with Crippen LogP contribution in [0.3, 0.4) is 0 Å². The third-order valence-corrected chi connectivity index (χ3v) is 5.99. The van der Waals surface area contributed by atoms with Gasteiger partial charge in [0.15, 0.2) is 5.96 Å². The van der Waals surface area contributed by atoms with Crippen LogP contribution in [0.25, 0.3) is 0 Å². The normalized spacial score (nSPS) is 18.9. The molecule has 0 aliphatic carbocycles. The summed E-state index contributed by atoms with van der Waals surface area (Å²) >= 11 is 0. The molecular formula is C23H37N5O2. The Morgan fingerprint density at radius 3 is 2.47 bits per heavy atom. The summed E-state index contributed by atoms with van der Waals surface area (Å²) in [6.07, 6.45) is 5.57. The molecule has 3 rings (SSSR count). The van der Waals surface area contributed by atoms with Crippen LogP contribution in [0.15, 0.2) is 29.3 Å². The highest BCUT2D eigenvalue weighted by molar-refractivity contribution is 5.80. The molecule has 0 atom stereocenters. The fourth-order valence-electron chi connectivity index (χ4n) is 4.23. The second-order valence-electron chi connectivity index (χ2n) is 8.14. The summed E-state index contributed by atoms with van der Waals surface area (Å²) in [7, 11) is 1.81. The summed E-state index contributed by atoms with van der Waals surface area (Å²) in [6, 6.07) is 9.00. The minimum Gasteiger partial charge on any atom is -0.450 e. The van der Waals surface area contributed by atoms with Gasteiger partial charge in [0, 0.05) is 39.3 Å². The summed E-state index contributed by atoms with van der Waals surface area (Å²) < 4.78 is 5.10. The Balaban J connectivity index is 1.47. The van der Waals surface area contributed by atoms with Gasteiger partial charge in [-0.25, -0.2) is 4.79 Å². The van der Waals surface area contributed by atoms with Crippen LogP contribution in [0.1, 0.15) is 50.2 Å². The highest BCUT2D eigenvalue weighted by atomic mass is 16.6. The van der Waals surface area contributed by atoms with Gasteiger partial charge < -0.3 is 20.3 Å². The number of aliphatic imine (C=N–C) groups is 1. The van der Waals surface area contributed by atoms with Gasteiger partial charge >= 0.3 is 6.09 Å². The Labute approximate surface area is 180 Å². The van der Waals surface area contributed by atoms with Crippen LogP contribution in [-0.4, -0.2) is 67.7 Å². The van der Waals surface area contributed by atoms with E-state index in [0.717, 1.165) is 31.9 Å². The zero-order valence-corrected chi connectivity index (χ0v) is 18.5. The van der Waals surface area contributed by atoms with E-state index in [2.05, 4.69) is 44.8 Å². The Morgan fingerprint density at radius 1 is 1.10 bits per heavy atom. The molecule has 2 saturated heterocycles. The average molecular weight is 416 g/mol. The maximum Gasteiger partial charge on any atom is 0.409 e. The van der Waals surface area contributed by atoms with Crippen molar-refractivity contribution in [2.24, 2.45) is 4.99 Å². The molecule has 1 aromatic carbocycles. The lowest BCUT2D eigenvalue weighted by molar-refractivity contribution is 0.0963. The molecule has 1 aromatic rings. The van der Waals surface area contributed by atoms with E-state index in [1.807, 2.05) is 14.0 Å². The first-order valence-electron chi connectivity index (χ1n) is 11.4. The van der Waals surface area contributed by atoms with Gasteiger partial charge in [0.1, 0.15) is 0 Å². The van der Waals surface area contributed by atoms with Crippen molar-refractivity contribution in [3.63, 3.8) is 0 Å². The topological polar surface area (TPSA) is 69.2 Å². The van der Waals surface area contributed by atoms with Crippen molar-refractivity contribution >= 4 is 12.1 Å². The molecule has 2 aliphatic rings. The molecule has 2 heterocycles. The Kier molecular flexibility index (Phi) is 8.81. The predicted octanol–water partition coefficient (Wildman–Crippen LogP) is 2.96. The molecule has 1 amide bonds. The molecule has 7 nitrogen and oxygen atoms in total. The van der Waals surface area contributed by atoms with Crippen molar-refractivity contribution in [1.82, 2.24) is 20.4 Å². The molecule has 2 aliphatic heterocycles. The van der Waals surface area contributed by atoms with E-state index in [0.29, 0.717) is 25.7 Å². The molecule has 0 spiro atoms. The minimum atomic E-state index is -0.205. The lowest BCUT2D eigenvalue weighted by Crippen LogP contribution is -2.49. The molecule has 0 saturated carbocycles. The number of amides is 1. The number of benzene rings is 1. The molecule has 2 fully saturated rings. The number of carbonyl (C=O) groups excluding carboxylic acids is 1. The van der Waals surface area contributed by atoms with Crippen molar-refractivity contribution in [1.29, 1.82) is 0 Å². The van der Waals surface area contributed by atoms with Crippen molar-refractivity contribution in [3.05, 3.63) is 35.4 Å². The van der Waals surface area contributed by atoms with Crippen molar-refractivity contribution in [3.8, 4) is 0 Å². The van der Waals surface area contributed by atoms with Gasteiger partial charge in [0.05, 0.1) is 6.61 Å². The van der Waals surface area contributed by atoms with Gasteiger partial charge in [0.25, 0.3) is 0 Å². The third kappa shape index (κ3) is 6.62. The maximum atomic E-state index is 11.9. The fraction of sp³-hybridized carbons (Fsp3) is 0.652. The van der Waals surface area contributed by atoms with Gasteiger partial charge in [0.2, 0.25) is 0 Å². The average Bonchev–Trinajstić information content (AvgIpc) is 2.79. The van der Waals surface area contributed by atoms with Crippen LogP contribution in [0.5, 0.6) is 0 Å². The van der Waals surface area contributed by atoms with Crippen LogP contribution in [0.4, 0.5) is 4.79 Å². The van der Waals surface area contributed by atoms with Crippen LogP contribution < -0.4 is 10.6 Å². The monoisotopic (exact) mass is 415 g/mol. The zero-order valence-electron chi connectivity index (χ0n) is 18.5. The lowest BCUT2D eigenvalue weighted by Gasteiger charge is -2.32. The van der Waals surface area contributed by atoms with Gasteiger partial charge in [-0.1, -0.05) is 30.7 Å². The summed E-state index contributed by atoms with van der Waals surface area (Å²) in [5, 5.41) is 7.00. The highest BCUT2D eigenvalue weighted by Crippen LogP contribution is 2.16. The number of rotatable bonds is 6. The van der Waals surface area contributed by atoms with E-state index in [4.69, 9.17) is 4.74 Å². The summed E-state index contributed by atoms with van der Waals surface area (Å²) in [5.74, 6) is 0.817. The Bertz CT molecular complexity index is 695. The molecule has 166 valence electrons. The van der Waals surface area contributed by atoms with E-state index in [1.165, 1.54) is 43.5 Å². The smallest absolute Gasteiger partial charge is 0.409 e. The van der Waals surface area contributed by atoms with E-state index < -0.39 is 0 Å². The molecule has 0 bridgehead atoms. The second-order valence-corrected chi connectivity index (χ2v) is 8.14. The minimum absolute atomic E-state index is 0.205. The Hall–Kier alpha value is -2.28. The van der Waals surface area contributed by atoms with Crippen molar-refractivity contribution in [2.45, 2.75) is 58.2 Å². The quantitative estimate of drug-likeness (QED) is 0.552. The highest BCUT2D eigenvalue weighted by Gasteiger charge is 2.24. The van der Waals surface area contributed by atoms with Gasteiger partial charge in [-0.05, 0) is 56.8 Å². The molecule has 0 unspecified atom stereocenters. The van der Waals surface area contributed by atoms with Crippen LogP contribution >= 0.6 is 0 Å². The Morgan fingerprint density at radius 2 is 1.80 bits per heavy atom. The van der Waals surface area contributed by atoms with E-state index in [-0.39, 0.29) is 6.09 Å². The second kappa shape index (κ2) is 11.8. The number of likely N-dealkylation sites (tertiary alicyclic amines) is 2. The van der Waals surface area contributed by atoms with E-state index in [9.17, 15) is 4.79 Å². The maximum absolute atomic E-state index is 11.9. The largest absolute Gasteiger partial charge is 0.450 e. The van der Waals surface area contributed by atoms with E-state index >= 15 is 0 Å². The number of piperidine rings is 2. The molecule has 2 N–H and O–H groups in total. The number of guanidine groups is 1. The lowest BCUT2D eigenvalue weighted by atomic mass is 10.0. The number of hydrogen-bond donors (Lipinski definition) is 2. The third-order valence-electron chi connectivity index (χ3n) is 5.99. The molecule has 0 radical (unpaired) electrons. The predicted molar refractivity (Wildman–Crippen MR) is 121 cm³/mol. The number of hydrogen-bond acceptors (Lipinski definition) is 4. The van der Waals surface area contributed by atoms with Crippen LogP contribution in [0.2, 0.25) is 0 Å². The van der Waals surface area contributed by atoms with Crippen LogP contribution in [0, 0.1) is 0 Å². The standard InChI is InChI=1S/C23H37N5O2/c1-3-30-23(29)28-15-11-21(12-16-28)26-22(24-2)25-17-19-9-5-6-10-20(19)18-27-13-7-4-8-14-27/h5-6,9-10,21H,3-4,7-8,11-18H2,1-2H3,(H2,24,25,26).